The van der Waals surface area contributed by atoms with Crippen molar-refractivity contribution in [3.05, 3.63) is 35.4 Å². The Labute approximate surface area is 139 Å². The zero-order chi connectivity index (χ0) is 15.9. The predicted molar refractivity (Wildman–Crippen MR) is 101 cm³/mol. The Morgan fingerprint density at radius 2 is 0.955 bits per heavy atom. The van der Waals surface area contributed by atoms with Gasteiger partial charge in [0.25, 0.3) is 0 Å². The minimum atomic E-state index is 1.27. The van der Waals surface area contributed by atoms with E-state index >= 15 is 0 Å². The van der Waals surface area contributed by atoms with Gasteiger partial charge >= 0.3 is 0 Å². The van der Waals surface area contributed by atoms with Crippen LogP contribution in [0, 0.1) is 0 Å². The molecule has 0 spiro atoms. The highest BCUT2D eigenvalue weighted by Crippen LogP contribution is 2.14. The lowest BCUT2D eigenvalue weighted by atomic mass is 10.00. The van der Waals surface area contributed by atoms with E-state index in [2.05, 4.69) is 38.1 Å². The number of hydrogen-bond acceptors (Lipinski definition) is 0. The van der Waals surface area contributed by atoms with Crippen molar-refractivity contribution in [3.8, 4) is 0 Å². The number of benzene rings is 1. The van der Waals surface area contributed by atoms with Crippen molar-refractivity contribution in [2.45, 2.75) is 104 Å². The molecule has 0 fully saturated rings. The first-order valence-electron chi connectivity index (χ1n) is 9.94. The first kappa shape index (κ1) is 19.3. The van der Waals surface area contributed by atoms with E-state index in [9.17, 15) is 0 Å². The van der Waals surface area contributed by atoms with Crippen molar-refractivity contribution in [1.82, 2.24) is 0 Å². The SMILES string of the molecule is CCCCCCCCc1cccc(CCCCCCCC)c1. The summed E-state index contributed by atoms with van der Waals surface area (Å²) in [6, 6.07) is 9.35. The molecule has 0 N–H and O–H groups in total. The second kappa shape index (κ2) is 13.9. The highest BCUT2D eigenvalue weighted by molar-refractivity contribution is 5.23. The fourth-order valence-electron chi connectivity index (χ4n) is 3.16. The molecule has 0 aliphatic rings. The molecule has 0 amide bonds. The average Bonchev–Trinajstić information content (AvgIpc) is 2.54. The van der Waals surface area contributed by atoms with Crippen molar-refractivity contribution >= 4 is 0 Å². The Morgan fingerprint density at radius 1 is 0.545 bits per heavy atom. The second-order valence-electron chi connectivity index (χ2n) is 6.86. The maximum absolute atomic E-state index is 2.46. The molecule has 0 aliphatic carbocycles. The molecule has 0 radical (unpaired) electrons. The fraction of sp³-hybridized carbons (Fsp3) is 0.727. The van der Waals surface area contributed by atoms with Crippen LogP contribution in [0.15, 0.2) is 24.3 Å². The van der Waals surface area contributed by atoms with Crippen LogP contribution in [-0.4, -0.2) is 0 Å². The smallest absolute Gasteiger partial charge is 0.0279 e. The predicted octanol–water partition coefficient (Wildman–Crippen LogP) is 7.49. The van der Waals surface area contributed by atoms with Crippen LogP contribution < -0.4 is 0 Å². The molecule has 0 aliphatic heterocycles. The lowest BCUT2D eigenvalue weighted by Gasteiger charge is -2.06. The van der Waals surface area contributed by atoms with Gasteiger partial charge in [-0.05, 0) is 36.8 Å². The van der Waals surface area contributed by atoms with Gasteiger partial charge in [-0.2, -0.15) is 0 Å². The van der Waals surface area contributed by atoms with Crippen LogP contribution in [0.4, 0.5) is 0 Å². The monoisotopic (exact) mass is 302 g/mol. The van der Waals surface area contributed by atoms with Crippen molar-refractivity contribution in [3.63, 3.8) is 0 Å². The van der Waals surface area contributed by atoms with E-state index in [-0.39, 0.29) is 0 Å². The topological polar surface area (TPSA) is 0 Å². The number of aryl methyl sites for hydroxylation is 2. The third-order valence-electron chi connectivity index (χ3n) is 4.63. The molecule has 22 heavy (non-hydrogen) atoms. The summed E-state index contributed by atoms with van der Waals surface area (Å²) in [5, 5.41) is 0. The molecule has 0 bridgehead atoms. The van der Waals surface area contributed by atoms with E-state index in [1.54, 1.807) is 11.1 Å². The molecule has 0 saturated carbocycles. The van der Waals surface area contributed by atoms with E-state index < -0.39 is 0 Å². The normalized spacial score (nSPS) is 11.0. The molecule has 1 aromatic rings. The van der Waals surface area contributed by atoms with Crippen LogP contribution in [0.3, 0.4) is 0 Å². The minimum absolute atomic E-state index is 1.27. The van der Waals surface area contributed by atoms with Crippen LogP contribution in [-0.2, 0) is 12.8 Å². The summed E-state index contributed by atoms with van der Waals surface area (Å²) in [7, 11) is 0. The first-order valence-corrected chi connectivity index (χ1v) is 9.94. The van der Waals surface area contributed by atoms with Crippen molar-refractivity contribution in [1.29, 1.82) is 0 Å². The number of unbranched alkanes of at least 4 members (excludes halogenated alkanes) is 10. The molecular weight excluding hydrogens is 264 g/mol. The van der Waals surface area contributed by atoms with Crippen LogP contribution in [0.1, 0.15) is 102 Å². The minimum Gasteiger partial charge on any atom is -0.0654 e. The van der Waals surface area contributed by atoms with Crippen molar-refractivity contribution in [2.24, 2.45) is 0 Å². The molecule has 0 heteroatoms. The molecule has 0 unspecified atom stereocenters. The van der Waals surface area contributed by atoms with Crippen LogP contribution >= 0.6 is 0 Å². The average molecular weight is 303 g/mol. The quantitative estimate of drug-likeness (QED) is 0.312. The van der Waals surface area contributed by atoms with Crippen molar-refractivity contribution in [2.75, 3.05) is 0 Å². The summed E-state index contributed by atoms with van der Waals surface area (Å²) in [5.74, 6) is 0. The zero-order valence-corrected chi connectivity index (χ0v) is 15.2. The molecule has 0 nitrogen and oxygen atoms in total. The number of rotatable bonds is 14. The molecule has 126 valence electrons. The van der Waals surface area contributed by atoms with Crippen molar-refractivity contribution < 1.29 is 0 Å². The van der Waals surface area contributed by atoms with E-state index in [1.807, 2.05) is 0 Å². The third-order valence-corrected chi connectivity index (χ3v) is 4.63. The van der Waals surface area contributed by atoms with E-state index in [1.165, 1.54) is 89.9 Å². The first-order chi connectivity index (χ1) is 10.9. The van der Waals surface area contributed by atoms with Crippen LogP contribution in [0.5, 0.6) is 0 Å². The fourth-order valence-corrected chi connectivity index (χ4v) is 3.16. The van der Waals surface area contributed by atoms with E-state index in [0.29, 0.717) is 0 Å². The maximum atomic E-state index is 2.46. The summed E-state index contributed by atoms with van der Waals surface area (Å²) in [5.41, 5.74) is 3.11. The summed E-state index contributed by atoms with van der Waals surface area (Å²) < 4.78 is 0. The highest BCUT2D eigenvalue weighted by atomic mass is 14.0. The van der Waals surface area contributed by atoms with Gasteiger partial charge in [-0.15, -0.1) is 0 Å². The Kier molecular flexibility index (Phi) is 12.1. The summed E-state index contributed by atoms with van der Waals surface area (Å²) in [4.78, 5) is 0. The molecule has 0 saturated heterocycles. The van der Waals surface area contributed by atoms with Gasteiger partial charge in [-0.1, -0.05) is 102 Å². The van der Waals surface area contributed by atoms with Gasteiger partial charge in [0.15, 0.2) is 0 Å². The summed E-state index contributed by atoms with van der Waals surface area (Å²) in [6.45, 7) is 4.57. The summed E-state index contributed by atoms with van der Waals surface area (Å²) in [6.07, 6.45) is 19.3. The second-order valence-corrected chi connectivity index (χ2v) is 6.86. The van der Waals surface area contributed by atoms with Gasteiger partial charge in [0, 0.05) is 0 Å². The van der Waals surface area contributed by atoms with Crippen LogP contribution in [0.2, 0.25) is 0 Å². The van der Waals surface area contributed by atoms with Gasteiger partial charge < -0.3 is 0 Å². The number of hydrogen-bond donors (Lipinski definition) is 0. The van der Waals surface area contributed by atoms with Crippen LogP contribution in [0.25, 0.3) is 0 Å². The van der Waals surface area contributed by atoms with Gasteiger partial charge in [0.1, 0.15) is 0 Å². The lowest BCUT2D eigenvalue weighted by molar-refractivity contribution is 0.605. The molecule has 0 heterocycles. The van der Waals surface area contributed by atoms with E-state index in [0.717, 1.165) is 0 Å². The molecule has 0 aromatic heterocycles. The molecule has 0 atom stereocenters. The van der Waals surface area contributed by atoms with Gasteiger partial charge in [0.05, 0.1) is 0 Å². The highest BCUT2D eigenvalue weighted by Gasteiger charge is 1.98. The Hall–Kier alpha value is -0.780. The Morgan fingerprint density at radius 3 is 1.41 bits per heavy atom. The lowest BCUT2D eigenvalue weighted by Crippen LogP contribution is -1.91. The standard InChI is InChI=1S/C22H38/c1-3-5-7-9-11-13-16-21-18-15-19-22(20-21)17-14-12-10-8-6-4-2/h15,18-20H,3-14,16-17H2,1-2H3. The molecule has 1 rings (SSSR count). The largest absolute Gasteiger partial charge is 0.0654 e. The van der Waals surface area contributed by atoms with Gasteiger partial charge in [-0.25, -0.2) is 0 Å². The molecule has 1 aromatic carbocycles. The van der Waals surface area contributed by atoms with E-state index in [4.69, 9.17) is 0 Å². The zero-order valence-electron chi connectivity index (χ0n) is 15.2. The maximum Gasteiger partial charge on any atom is -0.0279 e. The Balaban J connectivity index is 2.13. The van der Waals surface area contributed by atoms with Gasteiger partial charge in [-0.3, -0.25) is 0 Å². The molecular formula is C22H38. The third kappa shape index (κ3) is 10.0. The Bertz CT molecular complexity index is 322. The van der Waals surface area contributed by atoms with Gasteiger partial charge in [0.2, 0.25) is 0 Å². The summed E-state index contributed by atoms with van der Waals surface area (Å²) >= 11 is 0.